The van der Waals surface area contributed by atoms with Crippen LogP contribution in [0.15, 0.2) is 23.8 Å². The van der Waals surface area contributed by atoms with Crippen molar-refractivity contribution < 1.29 is 9.22 Å². The van der Waals surface area contributed by atoms with Crippen LogP contribution < -0.4 is 0 Å². The molecule has 0 aliphatic heterocycles. The Bertz CT molecular complexity index is 567. The van der Waals surface area contributed by atoms with Crippen molar-refractivity contribution in [3.8, 4) is 0 Å². The smallest absolute Gasteiger partial charge is 0.193 e. The second-order valence-electron chi connectivity index (χ2n) is 9.38. The summed E-state index contributed by atoms with van der Waals surface area (Å²) in [6.07, 6.45) is 4.35. The first-order chi connectivity index (χ1) is 10.3. The van der Waals surface area contributed by atoms with E-state index in [1.54, 1.807) is 0 Å². The van der Waals surface area contributed by atoms with Crippen LogP contribution in [0.1, 0.15) is 60.8 Å². The summed E-state index contributed by atoms with van der Waals surface area (Å²) in [5, 5.41) is 0.164. The molecule has 1 saturated carbocycles. The molecule has 2 aliphatic rings. The van der Waals surface area contributed by atoms with Gasteiger partial charge < -0.3 is 4.43 Å². The standard InChI is InChI=1S/C20H34O2Si/c1-10-16-14(2)20(22-23(8,9)18(4,5)6)12-11-17(21)15(3)19(16,7)13-20/h10,15H,1,11-13H2,2-9H3/t15-,19+,20-/m1/s1. The minimum absolute atomic E-state index is 0.0397. The summed E-state index contributed by atoms with van der Waals surface area (Å²) < 4.78 is 6.99. The summed E-state index contributed by atoms with van der Waals surface area (Å²) in [5.41, 5.74) is 2.15. The van der Waals surface area contributed by atoms with Crippen molar-refractivity contribution in [2.24, 2.45) is 11.3 Å². The molecule has 2 bridgehead atoms. The molecule has 2 aliphatic carbocycles. The van der Waals surface area contributed by atoms with Crippen LogP contribution in [0.3, 0.4) is 0 Å². The highest BCUT2D eigenvalue weighted by atomic mass is 28.4. The Balaban J connectivity index is 2.56. The Morgan fingerprint density at radius 2 is 1.91 bits per heavy atom. The first kappa shape index (κ1) is 18.7. The second-order valence-corrected chi connectivity index (χ2v) is 14.1. The van der Waals surface area contributed by atoms with Crippen molar-refractivity contribution in [1.82, 2.24) is 0 Å². The highest BCUT2D eigenvalue weighted by Gasteiger charge is 2.58. The van der Waals surface area contributed by atoms with E-state index in [4.69, 9.17) is 4.43 Å². The SMILES string of the molecule is C=CC1=C(C)[C@@]2(O[Si](C)(C)C(C)(C)C)CCC(=O)[C@@H](C)[C@]1(C)C2. The molecule has 0 aromatic carbocycles. The van der Waals surface area contributed by atoms with Gasteiger partial charge in [-0.1, -0.05) is 47.3 Å². The largest absolute Gasteiger partial charge is 0.408 e. The predicted octanol–water partition coefficient (Wildman–Crippen LogP) is 5.66. The molecular formula is C20H34O2Si. The molecule has 1 fully saturated rings. The van der Waals surface area contributed by atoms with E-state index in [9.17, 15) is 4.79 Å². The van der Waals surface area contributed by atoms with E-state index >= 15 is 0 Å². The van der Waals surface area contributed by atoms with Crippen molar-refractivity contribution >= 4 is 14.1 Å². The van der Waals surface area contributed by atoms with Crippen molar-refractivity contribution in [3.63, 3.8) is 0 Å². The van der Waals surface area contributed by atoms with E-state index < -0.39 is 8.32 Å². The minimum Gasteiger partial charge on any atom is -0.408 e. The van der Waals surface area contributed by atoms with Gasteiger partial charge >= 0.3 is 0 Å². The van der Waals surface area contributed by atoms with E-state index in [1.807, 2.05) is 6.08 Å². The summed E-state index contributed by atoms with van der Waals surface area (Å²) in [6, 6.07) is 0. The number of fused-ring (bicyclic) bond motifs is 2. The van der Waals surface area contributed by atoms with Gasteiger partial charge in [0.2, 0.25) is 0 Å². The van der Waals surface area contributed by atoms with Crippen molar-refractivity contribution in [1.29, 1.82) is 0 Å². The third-order valence-corrected chi connectivity index (χ3v) is 11.5. The van der Waals surface area contributed by atoms with Crippen molar-refractivity contribution in [3.05, 3.63) is 23.8 Å². The maximum Gasteiger partial charge on any atom is 0.193 e. The molecule has 0 N–H and O–H groups in total. The van der Waals surface area contributed by atoms with Gasteiger partial charge in [-0.3, -0.25) is 4.79 Å². The van der Waals surface area contributed by atoms with Crippen LogP contribution in [0.2, 0.25) is 18.1 Å². The zero-order valence-electron chi connectivity index (χ0n) is 16.3. The summed E-state index contributed by atoms with van der Waals surface area (Å²) in [6.45, 7) is 22.0. The lowest BCUT2D eigenvalue weighted by Gasteiger charge is -2.45. The highest BCUT2D eigenvalue weighted by Crippen LogP contribution is 2.59. The maximum absolute atomic E-state index is 12.6. The number of hydrogen-bond donors (Lipinski definition) is 0. The molecule has 3 atom stereocenters. The first-order valence-electron chi connectivity index (χ1n) is 8.88. The van der Waals surface area contributed by atoms with Gasteiger partial charge in [0, 0.05) is 17.8 Å². The van der Waals surface area contributed by atoms with Crippen LogP contribution in [-0.2, 0) is 9.22 Å². The monoisotopic (exact) mass is 334 g/mol. The Morgan fingerprint density at radius 3 is 2.39 bits per heavy atom. The molecule has 0 radical (unpaired) electrons. The fraction of sp³-hybridized carbons (Fsp3) is 0.750. The Morgan fingerprint density at radius 1 is 1.35 bits per heavy atom. The van der Waals surface area contributed by atoms with E-state index in [-0.39, 0.29) is 22.0 Å². The van der Waals surface area contributed by atoms with E-state index in [0.29, 0.717) is 12.2 Å². The van der Waals surface area contributed by atoms with E-state index in [1.165, 1.54) is 11.1 Å². The molecule has 130 valence electrons. The molecule has 0 heterocycles. The lowest BCUT2D eigenvalue weighted by atomic mass is 9.71. The highest BCUT2D eigenvalue weighted by molar-refractivity contribution is 6.74. The quantitative estimate of drug-likeness (QED) is 0.623. The number of rotatable bonds is 3. The van der Waals surface area contributed by atoms with E-state index in [0.717, 1.165) is 12.8 Å². The second kappa shape index (κ2) is 5.42. The molecule has 3 heteroatoms. The van der Waals surface area contributed by atoms with Gasteiger partial charge in [0.15, 0.2) is 8.32 Å². The molecule has 0 saturated heterocycles. The Labute approximate surface area is 143 Å². The Kier molecular flexibility index (Phi) is 4.40. The number of allylic oxidation sites excluding steroid dienone is 2. The number of carbonyl (C=O) groups excluding carboxylic acids is 1. The molecule has 2 nitrogen and oxygen atoms in total. The van der Waals surface area contributed by atoms with Gasteiger partial charge in [0.25, 0.3) is 0 Å². The summed E-state index contributed by atoms with van der Waals surface area (Å²) in [4.78, 5) is 12.6. The van der Waals surface area contributed by atoms with Crippen molar-refractivity contribution in [2.45, 2.75) is 84.5 Å². The summed E-state index contributed by atoms with van der Waals surface area (Å²) >= 11 is 0. The number of hydrogen-bond acceptors (Lipinski definition) is 2. The fourth-order valence-electron chi connectivity index (χ4n) is 4.25. The van der Waals surface area contributed by atoms with Gasteiger partial charge in [-0.2, -0.15) is 0 Å². The molecular weight excluding hydrogens is 300 g/mol. The molecule has 0 aromatic rings. The van der Waals surface area contributed by atoms with Gasteiger partial charge in [0.1, 0.15) is 5.78 Å². The summed E-state index contributed by atoms with van der Waals surface area (Å²) in [7, 11) is -1.92. The molecule has 23 heavy (non-hydrogen) atoms. The number of carbonyl (C=O) groups is 1. The van der Waals surface area contributed by atoms with Crippen LogP contribution in [0.25, 0.3) is 0 Å². The van der Waals surface area contributed by atoms with Crippen LogP contribution in [0, 0.1) is 11.3 Å². The van der Waals surface area contributed by atoms with Crippen molar-refractivity contribution in [2.75, 3.05) is 0 Å². The van der Waals surface area contributed by atoms with Crippen LogP contribution in [0.5, 0.6) is 0 Å². The normalized spacial score (nSPS) is 35.5. The average Bonchev–Trinajstić information content (AvgIpc) is 2.56. The van der Waals surface area contributed by atoms with E-state index in [2.05, 4.69) is 61.2 Å². The first-order valence-corrected chi connectivity index (χ1v) is 11.8. The van der Waals surface area contributed by atoms with Crippen LogP contribution in [-0.4, -0.2) is 19.7 Å². The van der Waals surface area contributed by atoms with Gasteiger partial charge in [-0.15, -0.1) is 0 Å². The molecule has 2 rings (SSSR count). The van der Waals surface area contributed by atoms with Gasteiger partial charge in [0.05, 0.1) is 5.60 Å². The molecule has 0 unspecified atom stereocenters. The summed E-state index contributed by atoms with van der Waals surface area (Å²) in [5.74, 6) is 0.415. The van der Waals surface area contributed by atoms with Gasteiger partial charge in [-0.05, 0) is 49.0 Å². The lowest BCUT2D eigenvalue weighted by molar-refractivity contribution is -0.124. The molecule has 0 aromatic heterocycles. The lowest BCUT2D eigenvalue weighted by Crippen LogP contribution is -2.50. The third-order valence-electron chi connectivity index (χ3n) is 7.03. The third kappa shape index (κ3) is 2.70. The average molecular weight is 335 g/mol. The van der Waals surface area contributed by atoms with Gasteiger partial charge in [-0.25, -0.2) is 0 Å². The zero-order valence-corrected chi connectivity index (χ0v) is 17.3. The zero-order chi connectivity index (χ0) is 17.8. The number of Topliss-reactive ketones (excluding diaryl/α,β-unsaturated/α-hetero) is 1. The topological polar surface area (TPSA) is 26.3 Å². The minimum atomic E-state index is -1.92. The van der Waals surface area contributed by atoms with Crippen LogP contribution in [0.4, 0.5) is 0 Å². The number of ketones is 1. The predicted molar refractivity (Wildman–Crippen MR) is 100 cm³/mol. The molecule has 0 spiro atoms. The maximum atomic E-state index is 12.6. The van der Waals surface area contributed by atoms with Crippen LogP contribution >= 0.6 is 0 Å². The fourth-order valence-corrected chi connectivity index (χ4v) is 5.86. The Hall–Kier alpha value is -0.673. The molecule has 0 amide bonds.